The molecule has 5 nitrogen and oxygen atoms in total. The quantitative estimate of drug-likeness (QED) is 0.611. The highest BCUT2D eigenvalue weighted by Crippen LogP contribution is 2.31. The summed E-state index contributed by atoms with van der Waals surface area (Å²) >= 11 is 0. The molecule has 1 fully saturated rings. The summed E-state index contributed by atoms with van der Waals surface area (Å²) in [5.41, 5.74) is 0.630. The highest BCUT2D eigenvalue weighted by atomic mass is 16.6. The van der Waals surface area contributed by atoms with E-state index in [-0.39, 0.29) is 16.2 Å². The Hall–Kier alpha value is -1.62. The van der Waals surface area contributed by atoms with Gasteiger partial charge in [-0.1, -0.05) is 19.1 Å². The van der Waals surface area contributed by atoms with E-state index in [1.807, 2.05) is 17.9 Å². The number of ether oxygens (including phenoxy) is 1. The van der Waals surface area contributed by atoms with Crippen LogP contribution in [0.3, 0.4) is 0 Å². The molecule has 2 rings (SSSR count). The van der Waals surface area contributed by atoms with Crippen LogP contribution in [0.2, 0.25) is 0 Å². The molecular formula is C13H18N2O3. The van der Waals surface area contributed by atoms with E-state index in [0.29, 0.717) is 25.4 Å². The van der Waals surface area contributed by atoms with Crippen molar-refractivity contribution < 1.29 is 9.66 Å². The van der Waals surface area contributed by atoms with Crippen LogP contribution >= 0.6 is 0 Å². The first-order valence-corrected chi connectivity index (χ1v) is 6.18. The molecule has 0 aromatic heterocycles. The topological polar surface area (TPSA) is 55.6 Å². The Morgan fingerprint density at radius 1 is 1.50 bits per heavy atom. The molecule has 0 spiro atoms. The molecule has 1 atom stereocenters. The fraction of sp³-hybridized carbons (Fsp3) is 0.538. The summed E-state index contributed by atoms with van der Waals surface area (Å²) < 4.78 is 5.76. The van der Waals surface area contributed by atoms with Crippen molar-refractivity contribution in [3.63, 3.8) is 0 Å². The average molecular weight is 250 g/mol. The van der Waals surface area contributed by atoms with Crippen LogP contribution in [0.5, 0.6) is 0 Å². The summed E-state index contributed by atoms with van der Waals surface area (Å²) in [4.78, 5) is 12.8. The zero-order chi connectivity index (χ0) is 13.2. The van der Waals surface area contributed by atoms with Gasteiger partial charge in [0.2, 0.25) is 0 Å². The Morgan fingerprint density at radius 3 is 2.89 bits per heavy atom. The molecule has 0 aliphatic carbocycles. The van der Waals surface area contributed by atoms with Gasteiger partial charge < -0.3 is 9.64 Å². The molecule has 1 unspecified atom stereocenters. The average Bonchev–Trinajstić information content (AvgIpc) is 2.39. The minimum absolute atomic E-state index is 0.165. The van der Waals surface area contributed by atoms with Gasteiger partial charge in [0.25, 0.3) is 5.69 Å². The maximum absolute atomic E-state index is 11.0. The van der Waals surface area contributed by atoms with E-state index in [4.69, 9.17) is 4.74 Å². The summed E-state index contributed by atoms with van der Waals surface area (Å²) in [6, 6.07) is 6.88. The Labute approximate surface area is 107 Å². The number of rotatable bonds is 3. The second-order valence-corrected chi connectivity index (χ2v) is 4.82. The highest BCUT2D eigenvalue weighted by molar-refractivity contribution is 5.63. The maximum Gasteiger partial charge on any atom is 0.292 e. The monoisotopic (exact) mass is 250 g/mol. The van der Waals surface area contributed by atoms with Crippen LogP contribution in [-0.4, -0.2) is 30.2 Å². The first-order valence-electron chi connectivity index (χ1n) is 6.18. The third-order valence-electron chi connectivity index (χ3n) is 3.50. The number of benzene rings is 1. The standard InChI is InChI=1S/C13H18N2O3/c1-3-13(2)10-14(8-9-18-13)11-6-4-5-7-12(11)15(16)17/h4-7H,3,8-10H2,1-2H3. The SMILES string of the molecule is CCC1(C)CN(c2ccccc2[N+](=O)[O-])CCO1. The Bertz CT molecular complexity index is 450. The van der Waals surface area contributed by atoms with Gasteiger partial charge in [-0.2, -0.15) is 0 Å². The fourth-order valence-electron chi connectivity index (χ4n) is 2.24. The van der Waals surface area contributed by atoms with E-state index in [1.54, 1.807) is 18.2 Å². The van der Waals surface area contributed by atoms with Crippen molar-refractivity contribution in [2.75, 3.05) is 24.6 Å². The molecule has 0 saturated carbocycles. The van der Waals surface area contributed by atoms with E-state index in [0.717, 1.165) is 6.42 Å². The van der Waals surface area contributed by atoms with Gasteiger partial charge in [0, 0.05) is 19.2 Å². The van der Waals surface area contributed by atoms with E-state index < -0.39 is 0 Å². The summed E-state index contributed by atoms with van der Waals surface area (Å²) in [6.45, 7) is 6.11. The van der Waals surface area contributed by atoms with Crippen LogP contribution < -0.4 is 4.90 Å². The van der Waals surface area contributed by atoms with Crippen molar-refractivity contribution in [2.24, 2.45) is 0 Å². The van der Waals surface area contributed by atoms with Crippen LogP contribution in [0, 0.1) is 10.1 Å². The molecule has 1 aliphatic heterocycles. The molecule has 98 valence electrons. The lowest BCUT2D eigenvalue weighted by molar-refractivity contribution is -0.384. The number of hydrogen-bond acceptors (Lipinski definition) is 4. The van der Waals surface area contributed by atoms with Crippen LogP contribution in [0.15, 0.2) is 24.3 Å². The number of nitro groups is 1. The smallest absolute Gasteiger partial charge is 0.292 e. The van der Waals surface area contributed by atoms with Crippen molar-refractivity contribution in [3.8, 4) is 0 Å². The number of hydrogen-bond donors (Lipinski definition) is 0. The summed E-state index contributed by atoms with van der Waals surface area (Å²) in [7, 11) is 0. The lowest BCUT2D eigenvalue weighted by Crippen LogP contribution is -2.50. The largest absolute Gasteiger partial charge is 0.372 e. The minimum Gasteiger partial charge on any atom is -0.372 e. The third-order valence-corrected chi connectivity index (χ3v) is 3.50. The molecule has 0 N–H and O–H groups in total. The number of para-hydroxylation sites is 2. The van der Waals surface area contributed by atoms with Crippen molar-refractivity contribution in [1.82, 2.24) is 0 Å². The predicted octanol–water partition coefficient (Wildman–Crippen LogP) is 2.60. The zero-order valence-electron chi connectivity index (χ0n) is 10.8. The van der Waals surface area contributed by atoms with Gasteiger partial charge in [-0.05, 0) is 19.4 Å². The van der Waals surface area contributed by atoms with Crippen molar-refractivity contribution >= 4 is 11.4 Å². The van der Waals surface area contributed by atoms with Crippen LogP contribution in [0.4, 0.5) is 11.4 Å². The molecule has 18 heavy (non-hydrogen) atoms. The Morgan fingerprint density at radius 2 is 2.22 bits per heavy atom. The molecular weight excluding hydrogens is 232 g/mol. The van der Waals surface area contributed by atoms with Gasteiger partial charge in [0.1, 0.15) is 5.69 Å². The number of nitro benzene ring substituents is 1. The summed E-state index contributed by atoms with van der Waals surface area (Å²) in [6.07, 6.45) is 0.893. The van der Waals surface area contributed by atoms with Gasteiger partial charge >= 0.3 is 0 Å². The molecule has 1 aromatic carbocycles. The summed E-state index contributed by atoms with van der Waals surface area (Å²) in [5.74, 6) is 0. The molecule has 1 aliphatic rings. The molecule has 0 amide bonds. The van der Waals surface area contributed by atoms with E-state index >= 15 is 0 Å². The Kier molecular flexibility index (Phi) is 3.52. The Balaban J connectivity index is 2.29. The van der Waals surface area contributed by atoms with E-state index in [2.05, 4.69) is 6.92 Å². The number of nitrogens with zero attached hydrogens (tertiary/aromatic N) is 2. The second-order valence-electron chi connectivity index (χ2n) is 4.82. The van der Waals surface area contributed by atoms with Gasteiger partial charge in [0.15, 0.2) is 0 Å². The molecule has 5 heteroatoms. The molecule has 1 heterocycles. The molecule has 0 radical (unpaired) electrons. The normalized spacial score (nSPS) is 24.0. The molecule has 0 bridgehead atoms. The van der Waals surface area contributed by atoms with Crippen LogP contribution in [0.25, 0.3) is 0 Å². The predicted molar refractivity (Wildman–Crippen MR) is 70.0 cm³/mol. The molecule has 1 aromatic rings. The van der Waals surface area contributed by atoms with Gasteiger partial charge in [-0.25, -0.2) is 0 Å². The minimum atomic E-state index is -0.325. The number of morpholine rings is 1. The first kappa shape index (κ1) is 12.8. The third kappa shape index (κ3) is 2.46. The number of anilines is 1. The second kappa shape index (κ2) is 4.94. The highest BCUT2D eigenvalue weighted by Gasteiger charge is 2.32. The van der Waals surface area contributed by atoms with Crippen LogP contribution in [0.1, 0.15) is 20.3 Å². The maximum atomic E-state index is 11.0. The summed E-state index contributed by atoms with van der Waals surface area (Å²) in [5, 5.41) is 11.0. The van der Waals surface area contributed by atoms with Crippen molar-refractivity contribution in [2.45, 2.75) is 25.9 Å². The van der Waals surface area contributed by atoms with Crippen molar-refractivity contribution in [1.29, 1.82) is 0 Å². The van der Waals surface area contributed by atoms with Gasteiger partial charge in [-0.15, -0.1) is 0 Å². The van der Waals surface area contributed by atoms with Gasteiger partial charge in [-0.3, -0.25) is 10.1 Å². The lowest BCUT2D eigenvalue weighted by Gasteiger charge is -2.40. The lowest BCUT2D eigenvalue weighted by atomic mass is 10.0. The van der Waals surface area contributed by atoms with E-state index in [1.165, 1.54) is 0 Å². The van der Waals surface area contributed by atoms with Crippen molar-refractivity contribution in [3.05, 3.63) is 34.4 Å². The molecule has 1 saturated heterocycles. The first-order chi connectivity index (χ1) is 8.56. The van der Waals surface area contributed by atoms with E-state index in [9.17, 15) is 10.1 Å². The zero-order valence-corrected chi connectivity index (χ0v) is 10.8. The van der Waals surface area contributed by atoms with Gasteiger partial charge in [0.05, 0.1) is 17.1 Å². The fourth-order valence-corrected chi connectivity index (χ4v) is 2.24. The van der Waals surface area contributed by atoms with Crippen LogP contribution in [-0.2, 0) is 4.74 Å².